The predicted octanol–water partition coefficient (Wildman–Crippen LogP) is 6.59. The number of benzene rings is 2. The molecule has 1 heterocycles. The number of aryl methyl sites for hydroxylation is 1. The molecule has 4 atom stereocenters. The van der Waals surface area contributed by atoms with Gasteiger partial charge in [-0.15, -0.1) is 0 Å². The highest BCUT2D eigenvalue weighted by molar-refractivity contribution is 5.97. The smallest absolute Gasteiger partial charge is 0.346 e. The van der Waals surface area contributed by atoms with Crippen molar-refractivity contribution >= 4 is 11.9 Å². The van der Waals surface area contributed by atoms with Gasteiger partial charge in [-0.2, -0.15) is 0 Å². The quantitative estimate of drug-likeness (QED) is 0.338. The molecule has 2 bridgehead atoms. The van der Waals surface area contributed by atoms with Crippen molar-refractivity contribution in [3.05, 3.63) is 46.0 Å². The largest absolute Gasteiger partial charge is 0.495 e. The number of aliphatic hydroxyl groups excluding tert-OH is 1. The summed E-state index contributed by atoms with van der Waals surface area (Å²) in [5.74, 6) is 1.51. The minimum atomic E-state index is -0.815. The maximum absolute atomic E-state index is 13.6. The van der Waals surface area contributed by atoms with Crippen LogP contribution in [0.25, 0.3) is 0 Å². The van der Waals surface area contributed by atoms with Gasteiger partial charge in [0.05, 0.1) is 18.6 Å². The molecule has 0 radical (unpaired) electrons. The van der Waals surface area contributed by atoms with Gasteiger partial charge in [-0.3, -0.25) is 4.79 Å². The zero-order chi connectivity index (χ0) is 27.4. The van der Waals surface area contributed by atoms with E-state index in [1.54, 1.807) is 12.1 Å². The number of esters is 2. The molecule has 1 aliphatic heterocycles. The maximum atomic E-state index is 13.6. The lowest BCUT2D eigenvalue weighted by molar-refractivity contribution is -0.148. The third kappa shape index (κ3) is 4.45. The van der Waals surface area contributed by atoms with Gasteiger partial charge in [0.2, 0.25) is 0 Å². The number of hydrogen-bond acceptors (Lipinski definition) is 7. The fourth-order valence-electron chi connectivity index (χ4n) is 6.58. The first kappa shape index (κ1) is 26.5. The molecule has 38 heavy (non-hydrogen) atoms. The predicted molar refractivity (Wildman–Crippen MR) is 142 cm³/mol. The van der Waals surface area contributed by atoms with Crippen LogP contribution in [0, 0.1) is 37.0 Å². The van der Waals surface area contributed by atoms with Crippen molar-refractivity contribution < 1.29 is 33.6 Å². The fraction of sp³-hybridized carbons (Fsp3) is 0.548. The normalized spacial score (nSPS) is 24.6. The molecule has 0 aromatic heterocycles. The standard InChI is InChI=1S/C31H38O7/c1-16(2)11-23(32)22-9-10-24-25(28(22)35-6)29(33)36-15-20-12-17(3)18(4)26(27(20)37-24)38-30(34)31(5)14-19-7-8-21(31)13-19/h9-10,12,16,19,21,23,32H,7-8,11,13-15H2,1-6H3/t19?,21?,23-,31?/m0/s1. The summed E-state index contributed by atoms with van der Waals surface area (Å²) >= 11 is 0. The molecule has 2 aromatic rings. The van der Waals surface area contributed by atoms with Gasteiger partial charge in [-0.05, 0) is 93.5 Å². The molecule has 7 nitrogen and oxygen atoms in total. The van der Waals surface area contributed by atoms with Crippen molar-refractivity contribution in [1.82, 2.24) is 0 Å². The molecule has 5 rings (SSSR count). The molecular formula is C31H38O7. The lowest BCUT2D eigenvalue weighted by atomic mass is 9.75. The zero-order valence-electron chi connectivity index (χ0n) is 23.2. The van der Waals surface area contributed by atoms with Crippen LogP contribution in [0.15, 0.2) is 18.2 Å². The van der Waals surface area contributed by atoms with E-state index in [0.29, 0.717) is 40.9 Å². The Morgan fingerprint density at radius 1 is 1.21 bits per heavy atom. The summed E-state index contributed by atoms with van der Waals surface area (Å²) in [6, 6.07) is 5.25. The minimum Gasteiger partial charge on any atom is -0.495 e. The van der Waals surface area contributed by atoms with E-state index in [9.17, 15) is 14.7 Å². The maximum Gasteiger partial charge on any atom is 0.346 e. The van der Waals surface area contributed by atoms with E-state index in [2.05, 4.69) is 0 Å². The summed E-state index contributed by atoms with van der Waals surface area (Å²) < 4.78 is 23.9. The summed E-state index contributed by atoms with van der Waals surface area (Å²) in [6.07, 6.45) is 3.88. The van der Waals surface area contributed by atoms with Gasteiger partial charge in [0.25, 0.3) is 0 Å². The Kier molecular flexibility index (Phi) is 6.93. The summed E-state index contributed by atoms with van der Waals surface area (Å²) in [4.78, 5) is 26.8. The first-order valence-corrected chi connectivity index (χ1v) is 13.6. The molecule has 7 heteroatoms. The molecule has 2 aliphatic carbocycles. The molecule has 3 aliphatic rings. The summed E-state index contributed by atoms with van der Waals surface area (Å²) in [5.41, 5.74) is 2.42. The molecule has 2 aromatic carbocycles. The van der Waals surface area contributed by atoms with Crippen LogP contribution in [0.1, 0.15) is 91.6 Å². The highest BCUT2D eigenvalue weighted by atomic mass is 16.6. The highest BCUT2D eigenvalue weighted by Gasteiger charge is 2.53. The molecular weight excluding hydrogens is 484 g/mol. The Morgan fingerprint density at radius 3 is 2.61 bits per heavy atom. The van der Waals surface area contributed by atoms with Gasteiger partial charge in [-0.25, -0.2) is 4.79 Å². The Hall–Kier alpha value is -3.06. The van der Waals surface area contributed by atoms with E-state index in [1.807, 2.05) is 40.7 Å². The van der Waals surface area contributed by atoms with Gasteiger partial charge < -0.3 is 24.1 Å². The number of methoxy groups -OCH3 is 1. The van der Waals surface area contributed by atoms with Crippen LogP contribution in [0.2, 0.25) is 0 Å². The SMILES string of the molecule is COc1c([C@@H](O)CC(C)C)ccc2c1C(=O)OCc1cc(C)c(C)c(OC(=O)C3(C)CC4CCC3C4)c1O2. The fourth-order valence-corrected chi connectivity index (χ4v) is 6.58. The monoisotopic (exact) mass is 522 g/mol. The molecule has 1 N–H and O–H groups in total. The average Bonchev–Trinajstić information content (AvgIpc) is 3.46. The molecule has 204 valence electrons. The Morgan fingerprint density at radius 2 is 1.97 bits per heavy atom. The van der Waals surface area contributed by atoms with Crippen LogP contribution in [0.3, 0.4) is 0 Å². The zero-order valence-corrected chi connectivity index (χ0v) is 23.2. The first-order chi connectivity index (χ1) is 18.0. The summed E-state index contributed by atoms with van der Waals surface area (Å²) in [7, 11) is 1.46. The molecule has 0 amide bonds. The van der Waals surface area contributed by atoms with E-state index in [0.717, 1.165) is 30.4 Å². The average molecular weight is 523 g/mol. The number of fused-ring (bicyclic) bond motifs is 4. The van der Waals surface area contributed by atoms with Gasteiger partial charge in [-0.1, -0.05) is 20.3 Å². The van der Waals surface area contributed by atoms with Gasteiger partial charge in [0.15, 0.2) is 11.5 Å². The number of carbonyl (C=O) groups excluding carboxylic acids is 2. The van der Waals surface area contributed by atoms with E-state index >= 15 is 0 Å². The van der Waals surface area contributed by atoms with Crippen molar-refractivity contribution in [3.8, 4) is 23.0 Å². The van der Waals surface area contributed by atoms with Crippen LogP contribution < -0.4 is 14.2 Å². The number of ether oxygens (including phenoxy) is 4. The lowest BCUT2D eigenvalue weighted by Gasteiger charge is -2.32. The van der Waals surface area contributed by atoms with Crippen LogP contribution in [-0.4, -0.2) is 24.2 Å². The Bertz CT molecular complexity index is 1280. The molecule has 2 fully saturated rings. The summed E-state index contributed by atoms with van der Waals surface area (Å²) in [6.45, 7) is 9.85. The number of cyclic esters (lactones) is 1. The van der Waals surface area contributed by atoms with Crippen LogP contribution in [0.4, 0.5) is 0 Å². The van der Waals surface area contributed by atoms with Crippen molar-refractivity contribution in [1.29, 1.82) is 0 Å². The van der Waals surface area contributed by atoms with E-state index in [1.165, 1.54) is 13.5 Å². The minimum absolute atomic E-state index is 0.0524. The van der Waals surface area contributed by atoms with Crippen molar-refractivity contribution in [2.45, 2.75) is 79.4 Å². The van der Waals surface area contributed by atoms with Crippen LogP contribution >= 0.6 is 0 Å². The van der Waals surface area contributed by atoms with Gasteiger partial charge in [0.1, 0.15) is 23.7 Å². The van der Waals surface area contributed by atoms with Crippen molar-refractivity contribution in [2.24, 2.45) is 23.2 Å². The van der Waals surface area contributed by atoms with Crippen LogP contribution in [-0.2, 0) is 16.1 Å². The van der Waals surface area contributed by atoms with Crippen LogP contribution in [0.5, 0.6) is 23.0 Å². The number of rotatable bonds is 6. The second kappa shape index (κ2) is 9.92. The lowest BCUT2D eigenvalue weighted by Crippen LogP contribution is -2.37. The van der Waals surface area contributed by atoms with E-state index in [4.69, 9.17) is 18.9 Å². The van der Waals surface area contributed by atoms with Gasteiger partial charge in [0, 0.05) is 11.1 Å². The third-order valence-corrected chi connectivity index (χ3v) is 8.82. The molecule has 3 unspecified atom stereocenters. The van der Waals surface area contributed by atoms with Crippen molar-refractivity contribution in [2.75, 3.05) is 7.11 Å². The Labute approximate surface area is 224 Å². The first-order valence-electron chi connectivity index (χ1n) is 13.6. The Balaban J connectivity index is 1.57. The summed E-state index contributed by atoms with van der Waals surface area (Å²) in [5, 5.41) is 10.8. The topological polar surface area (TPSA) is 91.3 Å². The highest BCUT2D eigenvalue weighted by Crippen LogP contribution is 2.57. The van der Waals surface area contributed by atoms with E-state index < -0.39 is 17.5 Å². The number of hydrogen-bond donors (Lipinski definition) is 1. The molecule has 0 spiro atoms. The van der Waals surface area contributed by atoms with E-state index in [-0.39, 0.29) is 35.6 Å². The number of carbonyl (C=O) groups is 2. The third-order valence-electron chi connectivity index (χ3n) is 8.82. The molecule has 0 saturated heterocycles. The second-order valence-corrected chi connectivity index (χ2v) is 11.9. The van der Waals surface area contributed by atoms with Gasteiger partial charge >= 0.3 is 11.9 Å². The second-order valence-electron chi connectivity index (χ2n) is 11.9. The van der Waals surface area contributed by atoms with Crippen molar-refractivity contribution in [3.63, 3.8) is 0 Å². The number of aliphatic hydroxyl groups is 1. The molecule has 2 saturated carbocycles.